The van der Waals surface area contributed by atoms with E-state index in [2.05, 4.69) is 26.6 Å². The molecule has 0 bridgehead atoms. The number of aryl methyl sites for hydroxylation is 1. The quantitative estimate of drug-likeness (QED) is 0.840. The molecular weight excluding hydrogens is 244 g/mol. The van der Waals surface area contributed by atoms with E-state index in [4.69, 9.17) is 0 Å². The average Bonchev–Trinajstić information content (AvgIpc) is 2.12. The summed E-state index contributed by atoms with van der Waals surface area (Å²) >= 11 is 3.35. The van der Waals surface area contributed by atoms with E-state index in [1.54, 1.807) is 0 Å². The van der Waals surface area contributed by atoms with Gasteiger partial charge in [0.2, 0.25) is 0 Å². The van der Waals surface area contributed by atoms with Crippen molar-refractivity contribution >= 4 is 27.6 Å². The molecule has 0 spiro atoms. The molecule has 0 saturated carbocycles. The van der Waals surface area contributed by atoms with Crippen LogP contribution in [0.4, 0.5) is 10.5 Å². The summed E-state index contributed by atoms with van der Waals surface area (Å²) in [6.45, 7) is 4.46. The van der Waals surface area contributed by atoms with Crippen molar-refractivity contribution in [2.75, 3.05) is 11.9 Å². The smallest absolute Gasteiger partial charge is 0.319 e. The standard InChI is InChI=1S/C10H13BrN2O/c1-3-12-10(14)13-9-6-8(11)5-4-7(9)2/h4-6H,3H2,1-2H3,(H2,12,13,14). The molecule has 1 aromatic rings. The van der Waals surface area contributed by atoms with Gasteiger partial charge in [0.25, 0.3) is 0 Å². The zero-order valence-corrected chi connectivity index (χ0v) is 9.81. The summed E-state index contributed by atoms with van der Waals surface area (Å²) in [7, 11) is 0. The summed E-state index contributed by atoms with van der Waals surface area (Å²) in [6, 6.07) is 5.60. The second-order valence-electron chi connectivity index (χ2n) is 2.94. The fourth-order valence-corrected chi connectivity index (χ4v) is 1.42. The highest BCUT2D eigenvalue weighted by Gasteiger charge is 2.02. The van der Waals surface area contributed by atoms with Crippen LogP contribution >= 0.6 is 15.9 Å². The van der Waals surface area contributed by atoms with Crippen LogP contribution in [0.1, 0.15) is 12.5 Å². The average molecular weight is 257 g/mol. The molecule has 2 amide bonds. The number of amides is 2. The van der Waals surface area contributed by atoms with Crippen LogP contribution < -0.4 is 10.6 Å². The minimum Gasteiger partial charge on any atom is -0.338 e. The fourth-order valence-electron chi connectivity index (χ4n) is 1.06. The summed E-state index contributed by atoms with van der Waals surface area (Å²) < 4.78 is 0.954. The van der Waals surface area contributed by atoms with Gasteiger partial charge >= 0.3 is 6.03 Å². The highest BCUT2D eigenvalue weighted by molar-refractivity contribution is 9.10. The van der Waals surface area contributed by atoms with Crippen LogP contribution in [-0.2, 0) is 0 Å². The van der Waals surface area contributed by atoms with E-state index < -0.39 is 0 Å². The molecule has 0 fully saturated rings. The molecule has 1 rings (SSSR count). The fraction of sp³-hybridized carbons (Fsp3) is 0.300. The SMILES string of the molecule is CCNC(=O)Nc1cc(Br)ccc1C. The van der Waals surface area contributed by atoms with Crippen LogP contribution in [0, 0.1) is 6.92 Å². The van der Waals surface area contributed by atoms with Crippen molar-refractivity contribution in [3.8, 4) is 0 Å². The molecule has 14 heavy (non-hydrogen) atoms. The maximum Gasteiger partial charge on any atom is 0.319 e. The van der Waals surface area contributed by atoms with Crippen molar-refractivity contribution in [2.45, 2.75) is 13.8 Å². The lowest BCUT2D eigenvalue weighted by Crippen LogP contribution is -2.28. The second kappa shape index (κ2) is 5.00. The Morgan fingerprint density at radius 3 is 2.86 bits per heavy atom. The molecule has 0 heterocycles. The molecule has 0 aliphatic carbocycles. The third-order valence-electron chi connectivity index (χ3n) is 1.79. The maximum atomic E-state index is 11.2. The monoisotopic (exact) mass is 256 g/mol. The number of rotatable bonds is 2. The van der Waals surface area contributed by atoms with Crippen LogP contribution in [0.25, 0.3) is 0 Å². The van der Waals surface area contributed by atoms with Crippen molar-refractivity contribution in [3.63, 3.8) is 0 Å². The van der Waals surface area contributed by atoms with Crippen molar-refractivity contribution in [1.29, 1.82) is 0 Å². The Hall–Kier alpha value is -1.03. The zero-order chi connectivity index (χ0) is 10.6. The van der Waals surface area contributed by atoms with Crippen molar-refractivity contribution < 1.29 is 4.79 Å². The van der Waals surface area contributed by atoms with Crippen LogP contribution in [0.3, 0.4) is 0 Å². The van der Waals surface area contributed by atoms with Gasteiger partial charge < -0.3 is 10.6 Å². The number of halogens is 1. The number of hydrogen-bond donors (Lipinski definition) is 2. The Morgan fingerprint density at radius 1 is 1.50 bits per heavy atom. The lowest BCUT2D eigenvalue weighted by atomic mass is 10.2. The Morgan fingerprint density at radius 2 is 2.21 bits per heavy atom. The molecule has 1 aromatic carbocycles. The predicted octanol–water partition coefficient (Wildman–Crippen LogP) is 2.90. The molecule has 3 nitrogen and oxygen atoms in total. The molecular formula is C10H13BrN2O. The first kappa shape index (κ1) is 11.0. The predicted molar refractivity (Wildman–Crippen MR) is 61.6 cm³/mol. The molecule has 4 heteroatoms. The highest BCUT2D eigenvalue weighted by Crippen LogP contribution is 2.20. The molecule has 0 saturated heterocycles. The van der Waals surface area contributed by atoms with Crippen LogP contribution in [0.15, 0.2) is 22.7 Å². The molecule has 0 aromatic heterocycles. The summed E-state index contributed by atoms with van der Waals surface area (Å²) in [4.78, 5) is 11.2. The minimum absolute atomic E-state index is 0.172. The first-order valence-corrected chi connectivity index (χ1v) is 5.23. The Bertz CT molecular complexity index is 339. The minimum atomic E-state index is -0.172. The normalized spacial score (nSPS) is 9.64. The van der Waals surface area contributed by atoms with E-state index in [0.29, 0.717) is 6.54 Å². The molecule has 0 unspecified atom stereocenters. The molecule has 0 radical (unpaired) electrons. The summed E-state index contributed by atoms with van der Waals surface area (Å²) in [5.41, 5.74) is 1.87. The second-order valence-corrected chi connectivity index (χ2v) is 3.86. The van der Waals surface area contributed by atoms with Crippen LogP contribution in [0.2, 0.25) is 0 Å². The van der Waals surface area contributed by atoms with E-state index in [1.165, 1.54) is 0 Å². The maximum absolute atomic E-state index is 11.2. The Kier molecular flexibility index (Phi) is 3.95. The van der Waals surface area contributed by atoms with Gasteiger partial charge in [0.15, 0.2) is 0 Å². The number of nitrogens with one attached hydrogen (secondary N) is 2. The number of carbonyl (C=O) groups is 1. The number of urea groups is 1. The van der Waals surface area contributed by atoms with Gasteiger partial charge in [-0.05, 0) is 31.5 Å². The zero-order valence-electron chi connectivity index (χ0n) is 8.23. The Labute approximate surface area is 92.0 Å². The third kappa shape index (κ3) is 3.03. The van der Waals surface area contributed by atoms with Crippen molar-refractivity contribution in [2.24, 2.45) is 0 Å². The molecule has 0 atom stereocenters. The van der Waals surface area contributed by atoms with Gasteiger partial charge in [0.05, 0.1) is 0 Å². The lowest BCUT2D eigenvalue weighted by molar-refractivity contribution is 0.252. The van der Waals surface area contributed by atoms with Crippen molar-refractivity contribution in [1.82, 2.24) is 5.32 Å². The number of hydrogen-bond acceptors (Lipinski definition) is 1. The van der Waals surface area contributed by atoms with Gasteiger partial charge in [-0.3, -0.25) is 0 Å². The van der Waals surface area contributed by atoms with Gasteiger partial charge in [-0.2, -0.15) is 0 Å². The first-order chi connectivity index (χ1) is 6.63. The molecule has 0 aliphatic heterocycles. The number of carbonyl (C=O) groups excluding carboxylic acids is 1. The molecule has 76 valence electrons. The summed E-state index contributed by atoms with van der Waals surface area (Å²) in [6.07, 6.45) is 0. The number of benzene rings is 1. The van der Waals surface area contributed by atoms with Crippen LogP contribution in [-0.4, -0.2) is 12.6 Å². The van der Waals surface area contributed by atoms with E-state index in [-0.39, 0.29) is 6.03 Å². The molecule has 0 aliphatic rings. The van der Waals surface area contributed by atoms with Gasteiger partial charge in [0, 0.05) is 16.7 Å². The summed E-state index contributed by atoms with van der Waals surface area (Å²) in [5.74, 6) is 0. The van der Waals surface area contributed by atoms with E-state index >= 15 is 0 Å². The summed E-state index contributed by atoms with van der Waals surface area (Å²) in [5, 5.41) is 5.45. The Balaban J connectivity index is 2.75. The lowest BCUT2D eigenvalue weighted by Gasteiger charge is -2.08. The van der Waals surface area contributed by atoms with E-state index in [9.17, 15) is 4.79 Å². The third-order valence-corrected chi connectivity index (χ3v) is 2.28. The number of anilines is 1. The van der Waals surface area contributed by atoms with E-state index in [0.717, 1.165) is 15.7 Å². The van der Waals surface area contributed by atoms with Crippen molar-refractivity contribution in [3.05, 3.63) is 28.2 Å². The van der Waals surface area contributed by atoms with E-state index in [1.807, 2.05) is 32.0 Å². The first-order valence-electron chi connectivity index (χ1n) is 4.44. The molecule has 2 N–H and O–H groups in total. The van der Waals surface area contributed by atoms with Crippen LogP contribution in [0.5, 0.6) is 0 Å². The highest BCUT2D eigenvalue weighted by atomic mass is 79.9. The van der Waals surface area contributed by atoms with Gasteiger partial charge in [-0.25, -0.2) is 4.79 Å². The topological polar surface area (TPSA) is 41.1 Å². The van der Waals surface area contributed by atoms with Gasteiger partial charge in [-0.1, -0.05) is 22.0 Å². The van der Waals surface area contributed by atoms with Gasteiger partial charge in [-0.15, -0.1) is 0 Å². The largest absolute Gasteiger partial charge is 0.338 e. The van der Waals surface area contributed by atoms with Gasteiger partial charge in [0.1, 0.15) is 0 Å².